The molecular formula is C25H25N3O. The smallest absolute Gasteiger partial charge is 0.266 e. The lowest BCUT2D eigenvalue weighted by Gasteiger charge is -2.14. The highest BCUT2D eigenvalue weighted by Gasteiger charge is 2.15. The van der Waals surface area contributed by atoms with Crippen molar-refractivity contribution in [2.75, 3.05) is 5.32 Å². The van der Waals surface area contributed by atoms with Crippen LogP contribution in [0.25, 0.3) is 11.8 Å². The lowest BCUT2D eigenvalue weighted by Crippen LogP contribution is -2.13. The zero-order valence-electron chi connectivity index (χ0n) is 17.3. The molecule has 0 fully saturated rings. The molecule has 0 bridgehead atoms. The van der Waals surface area contributed by atoms with Crippen molar-refractivity contribution in [1.82, 2.24) is 4.57 Å². The number of carbonyl (C=O) groups is 1. The average molecular weight is 383 g/mol. The van der Waals surface area contributed by atoms with Crippen LogP contribution in [0.1, 0.15) is 35.0 Å². The zero-order chi connectivity index (χ0) is 21.0. The predicted molar refractivity (Wildman–Crippen MR) is 118 cm³/mol. The second-order valence-corrected chi connectivity index (χ2v) is 7.13. The monoisotopic (exact) mass is 383 g/mol. The molecule has 0 atom stereocenters. The summed E-state index contributed by atoms with van der Waals surface area (Å²) in [7, 11) is 0. The van der Waals surface area contributed by atoms with Gasteiger partial charge in [0, 0.05) is 22.8 Å². The number of nitriles is 1. The number of nitrogens with one attached hydrogen (secondary N) is 1. The third-order valence-corrected chi connectivity index (χ3v) is 5.06. The fraction of sp³-hybridized carbons (Fsp3) is 0.200. The van der Waals surface area contributed by atoms with Gasteiger partial charge in [0.2, 0.25) is 0 Å². The predicted octanol–water partition coefficient (Wildman–Crippen LogP) is 5.51. The van der Waals surface area contributed by atoms with E-state index in [4.69, 9.17) is 0 Å². The second-order valence-electron chi connectivity index (χ2n) is 7.13. The van der Waals surface area contributed by atoms with E-state index in [1.165, 1.54) is 5.56 Å². The van der Waals surface area contributed by atoms with Gasteiger partial charge in [0.1, 0.15) is 11.6 Å². The van der Waals surface area contributed by atoms with E-state index in [1.807, 2.05) is 69.3 Å². The number of rotatable bonds is 5. The van der Waals surface area contributed by atoms with E-state index >= 15 is 0 Å². The number of para-hydroxylation sites is 1. The summed E-state index contributed by atoms with van der Waals surface area (Å²) in [6, 6.07) is 19.8. The van der Waals surface area contributed by atoms with E-state index < -0.39 is 5.91 Å². The standard InChI is InChI=1S/C25H25N3O/c1-5-20-8-6-7-9-24(20)28-18(3)14-21(19(28)4)15-22(16-26)25(29)27-23-12-10-17(2)11-13-23/h6-15H,5H2,1-4H3,(H,27,29)/b22-15-. The molecule has 3 rings (SSSR count). The van der Waals surface area contributed by atoms with Gasteiger partial charge in [-0.15, -0.1) is 0 Å². The Kier molecular flexibility index (Phi) is 5.99. The normalized spacial score (nSPS) is 11.2. The van der Waals surface area contributed by atoms with Crippen LogP contribution in [0.3, 0.4) is 0 Å². The van der Waals surface area contributed by atoms with E-state index in [1.54, 1.807) is 6.08 Å². The minimum absolute atomic E-state index is 0.0783. The molecule has 0 saturated heterocycles. The van der Waals surface area contributed by atoms with Gasteiger partial charge in [0.25, 0.3) is 5.91 Å². The Balaban J connectivity index is 1.95. The highest BCUT2D eigenvalue weighted by molar-refractivity contribution is 6.09. The van der Waals surface area contributed by atoms with Crippen LogP contribution in [0.5, 0.6) is 0 Å². The van der Waals surface area contributed by atoms with Crippen molar-refractivity contribution < 1.29 is 4.79 Å². The molecule has 2 aromatic carbocycles. The van der Waals surface area contributed by atoms with Crippen LogP contribution in [-0.4, -0.2) is 10.5 Å². The van der Waals surface area contributed by atoms with Crippen LogP contribution in [-0.2, 0) is 11.2 Å². The van der Waals surface area contributed by atoms with Gasteiger partial charge in [-0.3, -0.25) is 4.79 Å². The summed E-state index contributed by atoms with van der Waals surface area (Å²) >= 11 is 0. The molecule has 4 nitrogen and oxygen atoms in total. The first kappa shape index (κ1) is 20.2. The maximum absolute atomic E-state index is 12.6. The molecule has 1 aromatic heterocycles. The third-order valence-electron chi connectivity index (χ3n) is 5.06. The molecule has 3 aromatic rings. The number of nitrogens with zero attached hydrogens (tertiary/aromatic N) is 2. The van der Waals surface area contributed by atoms with Crippen LogP contribution >= 0.6 is 0 Å². The molecule has 0 aliphatic carbocycles. The molecule has 4 heteroatoms. The van der Waals surface area contributed by atoms with Crippen molar-refractivity contribution in [2.45, 2.75) is 34.1 Å². The first-order valence-corrected chi connectivity index (χ1v) is 9.71. The molecule has 1 N–H and O–H groups in total. The van der Waals surface area contributed by atoms with Crippen molar-refractivity contribution >= 4 is 17.7 Å². The lowest BCUT2D eigenvalue weighted by molar-refractivity contribution is -0.112. The molecule has 1 heterocycles. The Bertz CT molecular complexity index is 1110. The van der Waals surface area contributed by atoms with Gasteiger partial charge in [-0.25, -0.2) is 0 Å². The minimum atomic E-state index is -0.407. The number of hydrogen-bond donors (Lipinski definition) is 1. The Labute approximate surface area is 172 Å². The second kappa shape index (κ2) is 8.62. The average Bonchev–Trinajstić information content (AvgIpc) is 3.00. The molecule has 0 spiro atoms. The lowest BCUT2D eigenvalue weighted by atomic mass is 10.1. The van der Waals surface area contributed by atoms with Crippen LogP contribution in [0.2, 0.25) is 0 Å². The van der Waals surface area contributed by atoms with Gasteiger partial charge in [0.15, 0.2) is 0 Å². The van der Waals surface area contributed by atoms with Gasteiger partial charge in [-0.1, -0.05) is 42.8 Å². The Morgan fingerprint density at radius 3 is 2.45 bits per heavy atom. The first-order chi connectivity index (χ1) is 13.9. The van der Waals surface area contributed by atoms with Gasteiger partial charge in [-0.2, -0.15) is 5.26 Å². The summed E-state index contributed by atoms with van der Waals surface area (Å²) in [4.78, 5) is 12.6. The third kappa shape index (κ3) is 4.30. The molecule has 0 aliphatic heterocycles. The van der Waals surface area contributed by atoms with E-state index in [-0.39, 0.29) is 5.57 Å². The van der Waals surface area contributed by atoms with Crippen LogP contribution < -0.4 is 5.32 Å². The number of aryl methyl sites for hydroxylation is 3. The summed E-state index contributed by atoms with van der Waals surface area (Å²) in [5.41, 5.74) is 7.17. The Morgan fingerprint density at radius 2 is 1.79 bits per heavy atom. The zero-order valence-corrected chi connectivity index (χ0v) is 17.3. The molecular weight excluding hydrogens is 358 g/mol. The SMILES string of the molecule is CCc1ccccc1-n1c(C)cc(/C=C(/C#N)C(=O)Nc2ccc(C)cc2)c1C. The summed E-state index contributed by atoms with van der Waals surface area (Å²) in [5.74, 6) is -0.407. The van der Waals surface area contributed by atoms with E-state index in [0.29, 0.717) is 5.69 Å². The summed E-state index contributed by atoms with van der Waals surface area (Å²) < 4.78 is 2.18. The topological polar surface area (TPSA) is 57.8 Å². The number of hydrogen-bond acceptors (Lipinski definition) is 2. The first-order valence-electron chi connectivity index (χ1n) is 9.71. The summed E-state index contributed by atoms with van der Waals surface area (Å²) in [5, 5.41) is 12.4. The Morgan fingerprint density at radius 1 is 1.10 bits per heavy atom. The van der Waals surface area contributed by atoms with Gasteiger partial charge in [-0.05, 0) is 68.7 Å². The van der Waals surface area contributed by atoms with Crippen molar-refractivity contribution in [2.24, 2.45) is 0 Å². The van der Waals surface area contributed by atoms with E-state index in [2.05, 4.69) is 28.9 Å². The van der Waals surface area contributed by atoms with E-state index in [9.17, 15) is 10.1 Å². The van der Waals surface area contributed by atoms with Gasteiger partial charge >= 0.3 is 0 Å². The fourth-order valence-corrected chi connectivity index (χ4v) is 3.47. The molecule has 0 unspecified atom stereocenters. The number of anilines is 1. The molecule has 29 heavy (non-hydrogen) atoms. The molecule has 0 radical (unpaired) electrons. The van der Waals surface area contributed by atoms with Crippen molar-refractivity contribution in [3.63, 3.8) is 0 Å². The molecule has 0 saturated carbocycles. The molecule has 146 valence electrons. The number of amides is 1. The largest absolute Gasteiger partial charge is 0.321 e. The van der Waals surface area contributed by atoms with Crippen molar-refractivity contribution in [3.8, 4) is 11.8 Å². The van der Waals surface area contributed by atoms with Crippen molar-refractivity contribution in [1.29, 1.82) is 5.26 Å². The quantitative estimate of drug-likeness (QED) is 0.466. The highest BCUT2D eigenvalue weighted by Crippen LogP contribution is 2.25. The van der Waals surface area contributed by atoms with Crippen molar-refractivity contribution in [3.05, 3.63) is 88.2 Å². The molecule has 1 amide bonds. The number of carbonyl (C=O) groups excluding carboxylic acids is 1. The maximum Gasteiger partial charge on any atom is 0.266 e. The summed E-state index contributed by atoms with van der Waals surface area (Å²) in [6.45, 7) is 8.17. The Hall–Kier alpha value is -3.58. The van der Waals surface area contributed by atoms with Crippen LogP contribution in [0, 0.1) is 32.1 Å². The highest BCUT2D eigenvalue weighted by atomic mass is 16.1. The fourth-order valence-electron chi connectivity index (χ4n) is 3.47. The number of benzene rings is 2. The van der Waals surface area contributed by atoms with Gasteiger partial charge in [0.05, 0.1) is 0 Å². The maximum atomic E-state index is 12.6. The van der Waals surface area contributed by atoms with E-state index in [0.717, 1.165) is 34.6 Å². The molecule has 0 aliphatic rings. The summed E-state index contributed by atoms with van der Waals surface area (Å²) in [6.07, 6.45) is 2.59. The van der Waals surface area contributed by atoms with Gasteiger partial charge < -0.3 is 9.88 Å². The minimum Gasteiger partial charge on any atom is -0.321 e. The van der Waals surface area contributed by atoms with Crippen LogP contribution in [0.15, 0.2) is 60.2 Å². The van der Waals surface area contributed by atoms with Crippen LogP contribution in [0.4, 0.5) is 5.69 Å². The number of aromatic nitrogens is 1.